The molecule has 0 aromatic rings. The molecule has 0 aromatic heterocycles. The fourth-order valence-electron chi connectivity index (χ4n) is 2.12. The van der Waals surface area contributed by atoms with E-state index >= 15 is 0 Å². The van der Waals surface area contributed by atoms with Gasteiger partial charge in [0.1, 0.15) is 0 Å². The molecule has 0 bridgehead atoms. The average Bonchev–Trinajstić information content (AvgIpc) is 2.60. The van der Waals surface area contributed by atoms with Crippen LogP contribution in [0.3, 0.4) is 0 Å². The molecule has 0 aliphatic carbocycles. The zero-order valence-corrected chi connectivity index (χ0v) is 15.8. The smallest absolute Gasteiger partial charge is 0.303 e. The van der Waals surface area contributed by atoms with E-state index < -0.39 is 12.1 Å². The predicted molar refractivity (Wildman–Crippen MR) is 108 cm³/mol. The van der Waals surface area contributed by atoms with Crippen LogP contribution in [0, 0.1) is 0 Å². The number of hydrogen-bond acceptors (Lipinski definition) is 3. The predicted octanol–water partition coefficient (Wildman–Crippen LogP) is 4.71. The number of aliphatic hydroxyl groups excluding tert-OH is 2. The van der Waals surface area contributed by atoms with Crippen LogP contribution in [0.2, 0.25) is 0 Å². The molecule has 0 amide bonds. The Balaban J connectivity index is 3.82. The highest BCUT2D eigenvalue weighted by atomic mass is 16.4. The fourth-order valence-corrected chi connectivity index (χ4v) is 2.12. The van der Waals surface area contributed by atoms with Gasteiger partial charge in [0, 0.05) is 6.42 Å². The summed E-state index contributed by atoms with van der Waals surface area (Å²) in [5, 5.41) is 28.0. The van der Waals surface area contributed by atoms with E-state index in [1.165, 1.54) is 0 Å². The Morgan fingerprint density at radius 2 is 1.54 bits per heavy atom. The Kier molecular flexibility index (Phi) is 16.6. The third kappa shape index (κ3) is 18.4. The van der Waals surface area contributed by atoms with E-state index in [9.17, 15) is 15.0 Å². The van der Waals surface area contributed by atoms with Crippen LogP contribution in [0.1, 0.15) is 58.3 Å². The van der Waals surface area contributed by atoms with E-state index in [1.54, 1.807) is 18.2 Å². The van der Waals surface area contributed by atoms with Crippen molar-refractivity contribution in [2.24, 2.45) is 0 Å². The molecule has 3 N–H and O–H groups in total. The number of rotatable bonds is 15. The molecule has 0 fully saturated rings. The van der Waals surface area contributed by atoms with E-state index in [2.05, 4.69) is 6.92 Å². The van der Waals surface area contributed by atoms with Crippen molar-refractivity contribution >= 4 is 5.97 Å². The lowest BCUT2D eigenvalue weighted by atomic mass is 10.1. The van der Waals surface area contributed by atoms with Crippen LogP contribution >= 0.6 is 0 Å². The van der Waals surface area contributed by atoms with Crippen molar-refractivity contribution in [1.29, 1.82) is 0 Å². The van der Waals surface area contributed by atoms with Gasteiger partial charge in [-0.3, -0.25) is 4.79 Å². The summed E-state index contributed by atoms with van der Waals surface area (Å²) in [6.07, 6.45) is 23.6. The zero-order valence-electron chi connectivity index (χ0n) is 15.8. The SMILES string of the molecule is CCCCC[C@H](O)/C=C/C=C\C=C\[C@@H](O)C/C=C\C/C=C\CCC(=O)O. The second kappa shape index (κ2) is 17.9. The monoisotopic (exact) mass is 362 g/mol. The number of unbranched alkanes of at least 4 members (excludes halogenated alkanes) is 2. The topological polar surface area (TPSA) is 77.8 Å². The van der Waals surface area contributed by atoms with Gasteiger partial charge in [0.15, 0.2) is 0 Å². The Bertz CT molecular complexity index is 486. The molecule has 0 saturated heterocycles. The van der Waals surface area contributed by atoms with Crippen molar-refractivity contribution in [3.63, 3.8) is 0 Å². The first-order valence-electron chi connectivity index (χ1n) is 9.45. The largest absolute Gasteiger partial charge is 0.481 e. The summed E-state index contributed by atoms with van der Waals surface area (Å²) < 4.78 is 0. The summed E-state index contributed by atoms with van der Waals surface area (Å²) in [5.74, 6) is -0.784. The lowest BCUT2D eigenvalue weighted by Crippen LogP contribution is -2.00. The first kappa shape index (κ1) is 24.1. The van der Waals surface area contributed by atoms with E-state index in [0.717, 1.165) is 32.1 Å². The molecule has 4 nitrogen and oxygen atoms in total. The maximum absolute atomic E-state index is 10.3. The van der Waals surface area contributed by atoms with Gasteiger partial charge in [0.2, 0.25) is 0 Å². The lowest BCUT2D eigenvalue weighted by molar-refractivity contribution is -0.136. The Hall–Kier alpha value is -1.91. The van der Waals surface area contributed by atoms with Crippen LogP contribution in [0.5, 0.6) is 0 Å². The molecule has 2 atom stereocenters. The average molecular weight is 363 g/mol. The van der Waals surface area contributed by atoms with Crippen LogP contribution in [-0.4, -0.2) is 33.5 Å². The highest BCUT2D eigenvalue weighted by Gasteiger charge is 1.96. The maximum Gasteiger partial charge on any atom is 0.303 e. The van der Waals surface area contributed by atoms with Crippen molar-refractivity contribution in [2.45, 2.75) is 70.5 Å². The molecule has 4 heteroatoms. The standard InChI is InChI=1S/C22H34O4/c1-2-3-10-15-20(23)17-12-8-9-13-18-21(24)16-11-6-4-5-7-14-19-22(25)26/h5-9,11-13,17-18,20-21,23-24H,2-4,10,14-16,19H2,1H3,(H,25,26)/b7-5-,9-8-,11-6-,17-12+,18-13+/t20-,21-/m0/s1. The van der Waals surface area contributed by atoms with Gasteiger partial charge in [-0.1, -0.05) is 86.9 Å². The Morgan fingerprint density at radius 3 is 2.19 bits per heavy atom. The molecule has 0 rings (SSSR count). The normalized spacial score (nSPS) is 15.2. The molecular formula is C22H34O4. The van der Waals surface area contributed by atoms with Crippen molar-refractivity contribution in [1.82, 2.24) is 0 Å². The summed E-state index contributed by atoms with van der Waals surface area (Å²) >= 11 is 0. The van der Waals surface area contributed by atoms with E-state index in [-0.39, 0.29) is 12.5 Å². The van der Waals surface area contributed by atoms with Gasteiger partial charge in [0.25, 0.3) is 0 Å². The first-order valence-corrected chi connectivity index (χ1v) is 9.45. The summed E-state index contributed by atoms with van der Waals surface area (Å²) in [5.41, 5.74) is 0. The molecule has 0 spiro atoms. The van der Waals surface area contributed by atoms with E-state index in [4.69, 9.17) is 5.11 Å². The molecule has 146 valence electrons. The number of hydrogen-bond donors (Lipinski definition) is 3. The van der Waals surface area contributed by atoms with Crippen molar-refractivity contribution < 1.29 is 20.1 Å². The van der Waals surface area contributed by atoms with E-state index in [0.29, 0.717) is 12.8 Å². The fraction of sp³-hybridized carbons (Fsp3) is 0.500. The molecule has 0 aliphatic heterocycles. The molecule has 0 heterocycles. The second-order valence-electron chi connectivity index (χ2n) is 6.13. The highest BCUT2D eigenvalue weighted by molar-refractivity contribution is 5.66. The molecule has 0 unspecified atom stereocenters. The third-order valence-electron chi connectivity index (χ3n) is 3.61. The zero-order chi connectivity index (χ0) is 19.5. The van der Waals surface area contributed by atoms with Crippen LogP contribution in [0.25, 0.3) is 0 Å². The van der Waals surface area contributed by atoms with Crippen LogP contribution in [0.4, 0.5) is 0 Å². The van der Waals surface area contributed by atoms with Crippen LogP contribution in [-0.2, 0) is 4.79 Å². The minimum absolute atomic E-state index is 0.157. The molecule has 0 saturated carbocycles. The number of allylic oxidation sites excluding steroid dienone is 7. The molecular weight excluding hydrogens is 328 g/mol. The Labute approximate surface area is 157 Å². The van der Waals surface area contributed by atoms with Gasteiger partial charge in [0.05, 0.1) is 12.2 Å². The number of carboxylic acid groups (broad SMARTS) is 1. The quantitative estimate of drug-likeness (QED) is 0.224. The minimum Gasteiger partial charge on any atom is -0.481 e. The maximum atomic E-state index is 10.3. The number of carbonyl (C=O) groups is 1. The van der Waals surface area contributed by atoms with Gasteiger partial charge in [-0.05, 0) is 25.7 Å². The first-order chi connectivity index (χ1) is 12.6. The molecule has 0 aromatic carbocycles. The van der Waals surface area contributed by atoms with Gasteiger partial charge in [-0.2, -0.15) is 0 Å². The second-order valence-corrected chi connectivity index (χ2v) is 6.13. The third-order valence-corrected chi connectivity index (χ3v) is 3.61. The van der Waals surface area contributed by atoms with Crippen molar-refractivity contribution in [3.05, 3.63) is 60.8 Å². The van der Waals surface area contributed by atoms with Gasteiger partial charge in [-0.25, -0.2) is 0 Å². The summed E-state index contributed by atoms with van der Waals surface area (Å²) in [6.45, 7) is 2.14. The Morgan fingerprint density at radius 1 is 0.885 bits per heavy atom. The summed E-state index contributed by atoms with van der Waals surface area (Å²) in [6, 6.07) is 0. The summed E-state index contributed by atoms with van der Waals surface area (Å²) in [4.78, 5) is 10.3. The van der Waals surface area contributed by atoms with Gasteiger partial charge >= 0.3 is 5.97 Å². The lowest BCUT2D eigenvalue weighted by Gasteiger charge is -2.02. The highest BCUT2D eigenvalue weighted by Crippen LogP contribution is 2.04. The number of aliphatic hydroxyl groups is 2. The number of aliphatic carboxylic acids is 1. The van der Waals surface area contributed by atoms with Crippen LogP contribution in [0.15, 0.2) is 60.8 Å². The van der Waals surface area contributed by atoms with Crippen molar-refractivity contribution in [3.8, 4) is 0 Å². The number of carboxylic acids is 1. The van der Waals surface area contributed by atoms with Gasteiger partial charge < -0.3 is 15.3 Å². The minimum atomic E-state index is -0.784. The van der Waals surface area contributed by atoms with E-state index in [1.807, 2.05) is 42.5 Å². The van der Waals surface area contributed by atoms with Crippen LogP contribution < -0.4 is 0 Å². The molecule has 26 heavy (non-hydrogen) atoms. The summed E-state index contributed by atoms with van der Waals surface area (Å²) in [7, 11) is 0. The molecule has 0 aliphatic rings. The molecule has 0 radical (unpaired) electrons. The van der Waals surface area contributed by atoms with Crippen molar-refractivity contribution in [2.75, 3.05) is 0 Å². The van der Waals surface area contributed by atoms with Gasteiger partial charge in [-0.15, -0.1) is 0 Å².